The molecule has 1 amide bonds. The number of hydrogen-bond donors (Lipinski definition) is 2. The quantitative estimate of drug-likeness (QED) is 0.650. The standard InChI is InChI=1S/C10H19N5O/c1-3-5-12-6-8-7-15(14-13-8)9(4-2)10(11)16/h7,9,12H,3-6H2,1-2H3,(H2,11,16). The first-order valence-electron chi connectivity index (χ1n) is 5.59. The summed E-state index contributed by atoms with van der Waals surface area (Å²) < 4.78 is 1.53. The first-order valence-corrected chi connectivity index (χ1v) is 5.59. The lowest BCUT2D eigenvalue weighted by Gasteiger charge is -2.09. The van der Waals surface area contributed by atoms with Crippen LogP contribution in [0.2, 0.25) is 0 Å². The maximum atomic E-state index is 11.1. The van der Waals surface area contributed by atoms with Gasteiger partial charge < -0.3 is 11.1 Å². The molecule has 0 aliphatic heterocycles. The molecule has 0 bridgehead atoms. The Morgan fingerprint density at radius 3 is 2.94 bits per heavy atom. The number of primary amides is 1. The van der Waals surface area contributed by atoms with Crippen molar-refractivity contribution < 1.29 is 4.79 Å². The lowest BCUT2D eigenvalue weighted by atomic mass is 10.2. The largest absolute Gasteiger partial charge is 0.368 e. The van der Waals surface area contributed by atoms with Gasteiger partial charge in [0.15, 0.2) is 0 Å². The fraction of sp³-hybridized carbons (Fsp3) is 0.700. The Hall–Kier alpha value is -1.43. The molecule has 90 valence electrons. The predicted octanol–water partition coefficient (Wildman–Crippen LogP) is 0.214. The smallest absolute Gasteiger partial charge is 0.242 e. The van der Waals surface area contributed by atoms with Crippen molar-refractivity contribution in [3.8, 4) is 0 Å². The highest BCUT2D eigenvalue weighted by Gasteiger charge is 2.16. The van der Waals surface area contributed by atoms with Crippen molar-refractivity contribution in [2.75, 3.05) is 6.54 Å². The SMILES string of the molecule is CCCNCc1cn(C(CC)C(N)=O)nn1. The number of amides is 1. The van der Waals surface area contributed by atoms with Crippen LogP contribution in [0.4, 0.5) is 0 Å². The maximum Gasteiger partial charge on any atom is 0.242 e. The normalized spacial score (nSPS) is 12.6. The van der Waals surface area contributed by atoms with Crippen molar-refractivity contribution in [1.29, 1.82) is 0 Å². The van der Waals surface area contributed by atoms with Crippen LogP contribution in [-0.2, 0) is 11.3 Å². The summed E-state index contributed by atoms with van der Waals surface area (Å²) in [4.78, 5) is 11.1. The van der Waals surface area contributed by atoms with Crippen LogP contribution < -0.4 is 11.1 Å². The third kappa shape index (κ3) is 3.30. The van der Waals surface area contributed by atoms with E-state index < -0.39 is 6.04 Å². The van der Waals surface area contributed by atoms with Gasteiger partial charge in [0.05, 0.1) is 11.9 Å². The number of aromatic nitrogens is 3. The fourth-order valence-corrected chi connectivity index (χ4v) is 1.46. The van der Waals surface area contributed by atoms with Gasteiger partial charge in [0.2, 0.25) is 5.91 Å². The molecule has 0 aliphatic rings. The minimum Gasteiger partial charge on any atom is -0.368 e. The van der Waals surface area contributed by atoms with Crippen LogP contribution in [0, 0.1) is 0 Å². The van der Waals surface area contributed by atoms with Crippen molar-refractivity contribution >= 4 is 5.91 Å². The van der Waals surface area contributed by atoms with Gasteiger partial charge in [-0.05, 0) is 19.4 Å². The summed E-state index contributed by atoms with van der Waals surface area (Å²) in [5.74, 6) is -0.375. The van der Waals surface area contributed by atoms with E-state index in [1.54, 1.807) is 6.20 Å². The molecule has 16 heavy (non-hydrogen) atoms. The molecule has 1 rings (SSSR count). The summed E-state index contributed by atoms with van der Waals surface area (Å²) in [6.07, 6.45) is 3.47. The Morgan fingerprint density at radius 1 is 1.62 bits per heavy atom. The van der Waals surface area contributed by atoms with Gasteiger partial charge in [-0.25, -0.2) is 4.68 Å². The topological polar surface area (TPSA) is 85.8 Å². The average molecular weight is 225 g/mol. The molecule has 0 saturated carbocycles. The Morgan fingerprint density at radius 2 is 2.38 bits per heavy atom. The number of rotatable bonds is 7. The van der Waals surface area contributed by atoms with Gasteiger partial charge in [-0.3, -0.25) is 4.79 Å². The average Bonchev–Trinajstić information content (AvgIpc) is 2.67. The van der Waals surface area contributed by atoms with Crippen LogP contribution >= 0.6 is 0 Å². The predicted molar refractivity (Wildman–Crippen MR) is 60.5 cm³/mol. The van der Waals surface area contributed by atoms with Crippen LogP contribution in [0.1, 0.15) is 38.4 Å². The molecule has 1 aromatic rings. The lowest BCUT2D eigenvalue weighted by Crippen LogP contribution is -2.26. The second-order valence-corrected chi connectivity index (χ2v) is 3.69. The van der Waals surface area contributed by atoms with Crippen LogP contribution in [0.15, 0.2) is 6.20 Å². The second-order valence-electron chi connectivity index (χ2n) is 3.69. The summed E-state index contributed by atoms with van der Waals surface area (Å²) in [6, 6.07) is -0.396. The Labute approximate surface area is 95.2 Å². The number of carbonyl (C=O) groups is 1. The maximum absolute atomic E-state index is 11.1. The van der Waals surface area contributed by atoms with Crippen molar-refractivity contribution in [3.63, 3.8) is 0 Å². The summed E-state index contributed by atoms with van der Waals surface area (Å²) in [5.41, 5.74) is 6.09. The van der Waals surface area contributed by atoms with Crippen LogP contribution in [0.3, 0.4) is 0 Å². The van der Waals surface area contributed by atoms with Crippen LogP contribution in [0.5, 0.6) is 0 Å². The minimum absolute atomic E-state index is 0.375. The molecule has 0 spiro atoms. The molecule has 0 fully saturated rings. The fourth-order valence-electron chi connectivity index (χ4n) is 1.46. The first-order chi connectivity index (χ1) is 7.69. The number of nitrogens with two attached hydrogens (primary N) is 1. The van der Waals surface area contributed by atoms with E-state index in [1.165, 1.54) is 4.68 Å². The summed E-state index contributed by atoms with van der Waals surface area (Å²) in [7, 11) is 0. The van der Waals surface area contributed by atoms with Crippen molar-refractivity contribution in [2.45, 2.75) is 39.3 Å². The molecule has 0 radical (unpaired) electrons. The van der Waals surface area contributed by atoms with E-state index >= 15 is 0 Å². The van der Waals surface area contributed by atoms with E-state index in [9.17, 15) is 4.79 Å². The number of hydrogen-bond acceptors (Lipinski definition) is 4. The molecule has 1 heterocycles. The molecule has 1 unspecified atom stereocenters. The van der Waals surface area contributed by atoms with Gasteiger partial charge in [-0.1, -0.05) is 19.1 Å². The van der Waals surface area contributed by atoms with E-state index in [0.29, 0.717) is 13.0 Å². The van der Waals surface area contributed by atoms with Gasteiger partial charge in [0.25, 0.3) is 0 Å². The monoisotopic (exact) mass is 225 g/mol. The lowest BCUT2D eigenvalue weighted by molar-refractivity contribution is -0.121. The molecule has 0 saturated heterocycles. The van der Waals surface area contributed by atoms with Crippen LogP contribution in [-0.4, -0.2) is 27.4 Å². The zero-order valence-electron chi connectivity index (χ0n) is 9.81. The highest BCUT2D eigenvalue weighted by Crippen LogP contribution is 2.08. The van der Waals surface area contributed by atoms with E-state index in [0.717, 1.165) is 18.7 Å². The molecule has 3 N–H and O–H groups in total. The second kappa shape index (κ2) is 6.22. The zero-order chi connectivity index (χ0) is 12.0. The molecule has 0 aromatic carbocycles. The highest BCUT2D eigenvalue weighted by molar-refractivity contribution is 5.78. The third-order valence-electron chi connectivity index (χ3n) is 2.33. The van der Waals surface area contributed by atoms with Crippen molar-refractivity contribution in [1.82, 2.24) is 20.3 Å². The molecule has 6 heteroatoms. The van der Waals surface area contributed by atoms with E-state index in [4.69, 9.17) is 5.73 Å². The van der Waals surface area contributed by atoms with Gasteiger partial charge in [0.1, 0.15) is 6.04 Å². The molecular formula is C10H19N5O. The molecule has 1 aromatic heterocycles. The van der Waals surface area contributed by atoms with Gasteiger partial charge in [-0.15, -0.1) is 5.10 Å². The summed E-state index contributed by atoms with van der Waals surface area (Å²) >= 11 is 0. The number of carbonyl (C=O) groups excluding carboxylic acids is 1. The number of nitrogens with one attached hydrogen (secondary N) is 1. The van der Waals surface area contributed by atoms with Crippen LogP contribution in [0.25, 0.3) is 0 Å². The minimum atomic E-state index is -0.396. The number of nitrogens with zero attached hydrogens (tertiary/aromatic N) is 3. The van der Waals surface area contributed by atoms with E-state index in [1.807, 2.05) is 6.92 Å². The zero-order valence-corrected chi connectivity index (χ0v) is 9.81. The molecule has 0 aliphatic carbocycles. The van der Waals surface area contributed by atoms with Crippen molar-refractivity contribution in [2.24, 2.45) is 5.73 Å². The first kappa shape index (κ1) is 12.6. The van der Waals surface area contributed by atoms with Gasteiger partial charge in [-0.2, -0.15) is 0 Å². The van der Waals surface area contributed by atoms with E-state index in [2.05, 4.69) is 22.6 Å². The molecule has 1 atom stereocenters. The highest BCUT2D eigenvalue weighted by atomic mass is 16.1. The van der Waals surface area contributed by atoms with Gasteiger partial charge >= 0.3 is 0 Å². The Bertz CT molecular complexity index is 336. The van der Waals surface area contributed by atoms with Crippen molar-refractivity contribution in [3.05, 3.63) is 11.9 Å². The summed E-state index contributed by atoms with van der Waals surface area (Å²) in [5, 5.41) is 11.1. The molecular weight excluding hydrogens is 206 g/mol. The van der Waals surface area contributed by atoms with E-state index in [-0.39, 0.29) is 5.91 Å². The summed E-state index contributed by atoms with van der Waals surface area (Å²) in [6.45, 7) is 5.61. The van der Waals surface area contributed by atoms with Gasteiger partial charge in [0, 0.05) is 6.54 Å². The molecule has 6 nitrogen and oxygen atoms in total. The third-order valence-corrected chi connectivity index (χ3v) is 2.33. The Kier molecular flexibility index (Phi) is 4.91. The Balaban J connectivity index is 2.59.